The number of esters is 1. The number of carbonyl (C=O) groups is 1. The van der Waals surface area contributed by atoms with Crippen molar-refractivity contribution in [3.05, 3.63) is 22.7 Å². The monoisotopic (exact) mass is 336 g/mol. The maximum absolute atomic E-state index is 11.9. The number of benzene rings is 1. The predicted octanol–water partition coefficient (Wildman–Crippen LogP) is 0.873. The van der Waals surface area contributed by atoms with Gasteiger partial charge in [-0.05, 0) is 25.1 Å². The topological polar surface area (TPSA) is 98.5 Å². The van der Waals surface area contributed by atoms with Gasteiger partial charge in [0.15, 0.2) is 0 Å². The maximum atomic E-state index is 11.9. The molecule has 100 valence electrons. The molecule has 8 heteroatoms. The van der Waals surface area contributed by atoms with Crippen LogP contribution in [-0.2, 0) is 19.6 Å². The summed E-state index contributed by atoms with van der Waals surface area (Å²) in [6.45, 7) is 1.41. The molecule has 3 N–H and O–H groups in total. The van der Waals surface area contributed by atoms with Gasteiger partial charge in [-0.3, -0.25) is 4.79 Å². The summed E-state index contributed by atoms with van der Waals surface area (Å²) in [6.07, 6.45) is 0. The maximum Gasteiger partial charge on any atom is 0.321 e. The fourth-order valence-corrected chi connectivity index (χ4v) is 2.67. The molecule has 0 aliphatic carbocycles. The van der Waals surface area contributed by atoms with Crippen LogP contribution in [0.4, 0.5) is 5.69 Å². The predicted molar refractivity (Wildman–Crippen MR) is 70.4 cm³/mol. The molecule has 18 heavy (non-hydrogen) atoms. The van der Waals surface area contributed by atoms with E-state index in [2.05, 4.69) is 25.4 Å². The first-order valence-electron chi connectivity index (χ1n) is 5.07. The van der Waals surface area contributed by atoms with Crippen LogP contribution in [0.5, 0.6) is 0 Å². The molecule has 0 aliphatic heterocycles. The summed E-state index contributed by atoms with van der Waals surface area (Å²) in [5.41, 5.74) is 5.71. The molecule has 0 spiro atoms. The molecule has 0 bridgehead atoms. The number of carbonyl (C=O) groups excluding carboxylic acids is 1. The van der Waals surface area contributed by atoms with Gasteiger partial charge < -0.3 is 10.5 Å². The smallest absolute Gasteiger partial charge is 0.321 e. The molecule has 0 aliphatic rings. The van der Waals surface area contributed by atoms with Crippen molar-refractivity contribution in [3.63, 3.8) is 0 Å². The van der Waals surface area contributed by atoms with E-state index in [9.17, 15) is 13.2 Å². The van der Waals surface area contributed by atoms with Gasteiger partial charge in [0.2, 0.25) is 10.0 Å². The largest absolute Gasteiger partial charge is 0.465 e. The molecule has 0 atom stereocenters. The molecule has 0 unspecified atom stereocenters. The minimum absolute atomic E-state index is 0.0741. The lowest BCUT2D eigenvalue weighted by Gasteiger charge is -2.08. The van der Waals surface area contributed by atoms with E-state index >= 15 is 0 Å². The SMILES string of the molecule is CCOC(=O)CNS(=O)(=O)c1ccc(Br)cc1N. The van der Waals surface area contributed by atoms with Crippen molar-refractivity contribution >= 4 is 37.6 Å². The van der Waals surface area contributed by atoms with E-state index in [0.29, 0.717) is 4.47 Å². The number of sulfonamides is 1. The van der Waals surface area contributed by atoms with Gasteiger partial charge in [0, 0.05) is 4.47 Å². The quantitative estimate of drug-likeness (QED) is 0.614. The van der Waals surface area contributed by atoms with Crippen LogP contribution >= 0.6 is 15.9 Å². The molecule has 0 saturated carbocycles. The average molecular weight is 337 g/mol. The Balaban J connectivity index is 2.83. The minimum Gasteiger partial charge on any atom is -0.465 e. The summed E-state index contributed by atoms with van der Waals surface area (Å²) >= 11 is 3.18. The van der Waals surface area contributed by atoms with Gasteiger partial charge in [-0.1, -0.05) is 15.9 Å². The zero-order chi connectivity index (χ0) is 13.8. The van der Waals surface area contributed by atoms with Crippen LogP contribution in [-0.4, -0.2) is 27.5 Å². The molecule has 0 heterocycles. The van der Waals surface area contributed by atoms with Crippen molar-refractivity contribution in [3.8, 4) is 0 Å². The number of hydrogen-bond donors (Lipinski definition) is 2. The van der Waals surface area contributed by atoms with Crippen molar-refractivity contribution in [1.29, 1.82) is 0 Å². The Morgan fingerprint density at radius 1 is 1.50 bits per heavy atom. The summed E-state index contributed by atoms with van der Waals surface area (Å²) in [7, 11) is -3.82. The molecule has 1 rings (SSSR count). The molecule has 1 aromatic carbocycles. The van der Waals surface area contributed by atoms with Gasteiger partial charge in [0.05, 0.1) is 12.3 Å². The fraction of sp³-hybridized carbons (Fsp3) is 0.300. The Hall–Kier alpha value is -1.12. The lowest BCUT2D eigenvalue weighted by atomic mass is 10.3. The molecule has 1 aromatic rings. The third kappa shape index (κ3) is 3.97. The summed E-state index contributed by atoms with van der Waals surface area (Å²) in [5.74, 6) is -0.642. The van der Waals surface area contributed by atoms with Crippen LogP contribution in [0.2, 0.25) is 0 Å². The second kappa shape index (κ2) is 6.17. The highest BCUT2D eigenvalue weighted by Crippen LogP contribution is 2.22. The van der Waals surface area contributed by atoms with Crippen molar-refractivity contribution in [1.82, 2.24) is 4.72 Å². The van der Waals surface area contributed by atoms with E-state index in [4.69, 9.17) is 5.73 Å². The first kappa shape index (κ1) is 14.9. The van der Waals surface area contributed by atoms with Crippen LogP contribution in [0.25, 0.3) is 0 Å². The van der Waals surface area contributed by atoms with E-state index in [1.165, 1.54) is 12.1 Å². The fourth-order valence-electron chi connectivity index (χ4n) is 1.21. The Bertz CT molecular complexity index is 545. The highest BCUT2D eigenvalue weighted by Gasteiger charge is 2.18. The molecule has 0 saturated heterocycles. The second-order valence-corrected chi connectivity index (χ2v) is 5.96. The lowest BCUT2D eigenvalue weighted by molar-refractivity contribution is -0.141. The summed E-state index contributed by atoms with van der Waals surface area (Å²) < 4.78 is 31.1. The molecule has 0 aromatic heterocycles. The van der Waals surface area contributed by atoms with Crippen molar-refractivity contribution in [2.24, 2.45) is 0 Å². The number of nitrogens with one attached hydrogen (secondary N) is 1. The van der Waals surface area contributed by atoms with E-state index in [-0.39, 0.29) is 17.2 Å². The van der Waals surface area contributed by atoms with Gasteiger partial charge in [-0.25, -0.2) is 8.42 Å². The highest BCUT2D eigenvalue weighted by molar-refractivity contribution is 9.10. The van der Waals surface area contributed by atoms with Crippen molar-refractivity contribution in [2.45, 2.75) is 11.8 Å². The third-order valence-corrected chi connectivity index (χ3v) is 3.94. The molecule has 0 radical (unpaired) electrons. The Morgan fingerprint density at radius 2 is 2.17 bits per heavy atom. The summed E-state index contributed by atoms with van der Waals surface area (Å²) in [4.78, 5) is 11.0. The first-order valence-corrected chi connectivity index (χ1v) is 7.34. The van der Waals surface area contributed by atoms with Gasteiger partial charge in [-0.2, -0.15) is 4.72 Å². The molecule has 0 amide bonds. The number of rotatable bonds is 5. The Kier molecular flexibility index (Phi) is 5.12. The van der Waals surface area contributed by atoms with Crippen LogP contribution < -0.4 is 10.5 Å². The van der Waals surface area contributed by atoms with Gasteiger partial charge in [0.25, 0.3) is 0 Å². The highest BCUT2D eigenvalue weighted by atomic mass is 79.9. The summed E-state index contributed by atoms with van der Waals surface area (Å²) in [6, 6.07) is 4.38. The Labute approximate surface area is 114 Å². The normalized spacial score (nSPS) is 11.2. The molecule has 6 nitrogen and oxygen atoms in total. The van der Waals surface area contributed by atoms with Gasteiger partial charge in [0.1, 0.15) is 11.4 Å². The van der Waals surface area contributed by atoms with E-state index in [0.717, 1.165) is 0 Å². The van der Waals surface area contributed by atoms with Gasteiger partial charge in [-0.15, -0.1) is 0 Å². The number of nitrogens with two attached hydrogens (primary N) is 1. The number of hydrogen-bond acceptors (Lipinski definition) is 5. The number of ether oxygens (including phenoxy) is 1. The lowest BCUT2D eigenvalue weighted by Crippen LogP contribution is -2.31. The van der Waals surface area contributed by atoms with Gasteiger partial charge >= 0.3 is 5.97 Å². The number of anilines is 1. The number of nitrogen functional groups attached to an aromatic ring is 1. The second-order valence-electron chi connectivity index (χ2n) is 3.31. The standard InChI is InChI=1S/C10H13BrN2O4S/c1-2-17-10(14)6-13-18(15,16)9-4-3-7(11)5-8(9)12/h3-5,13H,2,6,12H2,1H3. The first-order chi connectivity index (χ1) is 8.36. The van der Waals surface area contributed by atoms with E-state index in [1.807, 2.05) is 0 Å². The van der Waals surface area contributed by atoms with E-state index in [1.54, 1.807) is 13.0 Å². The van der Waals surface area contributed by atoms with Crippen molar-refractivity contribution in [2.75, 3.05) is 18.9 Å². The van der Waals surface area contributed by atoms with Crippen LogP contribution in [0.1, 0.15) is 6.92 Å². The average Bonchev–Trinajstić information content (AvgIpc) is 2.26. The third-order valence-electron chi connectivity index (χ3n) is 1.97. The van der Waals surface area contributed by atoms with E-state index < -0.39 is 22.5 Å². The summed E-state index contributed by atoms with van der Waals surface area (Å²) in [5, 5.41) is 0. The Morgan fingerprint density at radius 3 is 2.72 bits per heavy atom. The zero-order valence-electron chi connectivity index (χ0n) is 9.64. The number of halogens is 1. The zero-order valence-corrected chi connectivity index (χ0v) is 12.0. The van der Waals surface area contributed by atoms with Crippen LogP contribution in [0, 0.1) is 0 Å². The van der Waals surface area contributed by atoms with Crippen LogP contribution in [0.3, 0.4) is 0 Å². The van der Waals surface area contributed by atoms with Crippen LogP contribution in [0.15, 0.2) is 27.6 Å². The molecule has 0 fully saturated rings. The molecular formula is C10H13BrN2O4S. The van der Waals surface area contributed by atoms with Crippen molar-refractivity contribution < 1.29 is 17.9 Å². The minimum atomic E-state index is -3.82. The molecular weight excluding hydrogens is 324 g/mol.